The number of rotatable bonds is 1. The topological polar surface area (TPSA) is 43.1 Å². The van der Waals surface area contributed by atoms with E-state index in [2.05, 4.69) is 0 Å². The summed E-state index contributed by atoms with van der Waals surface area (Å²) in [4.78, 5) is 10.5. The molecule has 2 nitrogen and oxygen atoms in total. The zero-order valence-corrected chi connectivity index (χ0v) is 6.59. The molecule has 0 bridgehead atoms. The maximum atomic E-state index is 10.5. The quantitative estimate of drug-likeness (QED) is 0.586. The summed E-state index contributed by atoms with van der Waals surface area (Å²) in [6, 6.07) is 0. The Morgan fingerprint density at radius 2 is 2.56 bits per heavy atom. The van der Waals surface area contributed by atoms with Crippen LogP contribution in [0.3, 0.4) is 0 Å². The minimum Gasteiger partial charge on any atom is -0.366 e. The van der Waals surface area contributed by atoms with Gasteiger partial charge in [0.05, 0.1) is 0 Å². The normalized spacial score (nSPS) is 25.9. The summed E-state index contributed by atoms with van der Waals surface area (Å²) in [7, 11) is 3.23. The molecule has 1 aliphatic heterocycles. The van der Waals surface area contributed by atoms with Crippen LogP contribution in [-0.2, 0) is 4.79 Å². The molecule has 0 saturated carbocycles. The summed E-state index contributed by atoms with van der Waals surface area (Å²) in [5, 5.41) is 2.09. The van der Waals surface area contributed by atoms with Gasteiger partial charge < -0.3 is 5.73 Å². The number of hydrogen-bond acceptors (Lipinski definition) is 3. The van der Waals surface area contributed by atoms with Gasteiger partial charge in [-0.05, 0) is 12.3 Å². The van der Waals surface area contributed by atoms with Crippen LogP contribution in [0.15, 0.2) is 11.0 Å². The zero-order valence-electron chi connectivity index (χ0n) is 4.96. The van der Waals surface area contributed by atoms with Crippen LogP contribution in [0.1, 0.15) is 6.92 Å². The zero-order chi connectivity index (χ0) is 6.85. The fourth-order valence-electron chi connectivity index (χ4n) is 0.569. The molecule has 50 valence electrons. The van der Waals surface area contributed by atoms with Crippen LogP contribution < -0.4 is 5.73 Å². The van der Waals surface area contributed by atoms with Crippen molar-refractivity contribution in [3.05, 3.63) is 11.0 Å². The molecule has 1 amide bonds. The minimum absolute atomic E-state index is 0.271. The molecule has 0 aromatic carbocycles. The molecule has 1 atom stereocenters. The van der Waals surface area contributed by atoms with Crippen LogP contribution in [0, 0.1) is 0 Å². The highest BCUT2D eigenvalue weighted by Crippen LogP contribution is 2.39. The van der Waals surface area contributed by atoms with E-state index in [-0.39, 0.29) is 11.2 Å². The van der Waals surface area contributed by atoms with E-state index in [0.717, 1.165) is 5.57 Å². The SMILES string of the molecule is CC1SSC=C1C(N)=O. The Bertz CT molecular complexity index is 166. The van der Waals surface area contributed by atoms with E-state index in [0.29, 0.717) is 0 Å². The molecule has 0 radical (unpaired) electrons. The van der Waals surface area contributed by atoms with Gasteiger partial charge in [0.2, 0.25) is 5.91 Å². The average molecular weight is 161 g/mol. The third kappa shape index (κ3) is 1.43. The molecule has 0 aromatic heterocycles. The van der Waals surface area contributed by atoms with Gasteiger partial charge in [-0.1, -0.05) is 21.6 Å². The smallest absolute Gasteiger partial charge is 0.246 e. The lowest BCUT2D eigenvalue weighted by atomic mass is 10.2. The van der Waals surface area contributed by atoms with Crippen LogP contribution >= 0.6 is 21.6 Å². The molecule has 0 fully saturated rings. The highest BCUT2D eigenvalue weighted by molar-refractivity contribution is 8.78. The number of carbonyl (C=O) groups excluding carboxylic acids is 1. The molecule has 0 spiro atoms. The highest BCUT2D eigenvalue weighted by Gasteiger charge is 2.19. The standard InChI is InChI=1S/C5H7NOS2/c1-3-4(5(6)7)2-8-9-3/h2-3H,1H3,(H2,6,7). The first kappa shape index (κ1) is 7.02. The lowest BCUT2D eigenvalue weighted by Crippen LogP contribution is -2.17. The van der Waals surface area contributed by atoms with Gasteiger partial charge in [-0.3, -0.25) is 4.79 Å². The van der Waals surface area contributed by atoms with Crippen molar-refractivity contribution in [3.63, 3.8) is 0 Å². The minimum atomic E-state index is -0.292. The summed E-state index contributed by atoms with van der Waals surface area (Å²) in [6.07, 6.45) is 0. The van der Waals surface area contributed by atoms with E-state index in [1.807, 2.05) is 12.3 Å². The van der Waals surface area contributed by atoms with Crippen molar-refractivity contribution in [1.82, 2.24) is 0 Å². The molecule has 0 aromatic rings. The van der Waals surface area contributed by atoms with E-state index in [9.17, 15) is 4.79 Å². The van der Waals surface area contributed by atoms with Crippen molar-refractivity contribution in [3.8, 4) is 0 Å². The number of nitrogens with two attached hydrogens (primary N) is 1. The Kier molecular flexibility index (Phi) is 2.08. The lowest BCUT2D eigenvalue weighted by Gasteiger charge is -2.00. The monoisotopic (exact) mass is 161 g/mol. The molecule has 0 saturated heterocycles. The Balaban J connectivity index is 2.68. The molecule has 1 unspecified atom stereocenters. The number of hydrogen-bond donors (Lipinski definition) is 1. The number of amides is 1. The van der Waals surface area contributed by atoms with Crippen molar-refractivity contribution in [2.24, 2.45) is 5.73 Å². The lowest BCUT2D eigenvalue weighted by molar-refractivity contribution is -0.114. The largest absolute Gasteiger partial charge is 0.366 e. The van der Waals surface area contributed by atoms with Gasteiger partial charge in [-0.25, -0.2) is 0 Å². The molecule has 9 heavy (non-hydrogen) atoms. The van der Waals surface area contributed by atoms with Crippen molar-refractivity contribution in [2.75, 3.05) is 0 Å². The third-order valence-electron chi connectivity index (χ3n) is 1.10. The second-order valence-corrected chi connectivity index (χ2v) is 4.25. The van der Waals surface area contributed by atoms with E-state index in [1.165, 1.54) is 0 Å². The molecule has 2 N–H and O–H groups in total. The van der Waals surface area contributed by atoms with Crippen molar-refractivity contribution < 1.29 is 4.79 Å². The average Bonchev–Trinajstić information content (AvgIpc) is 2.13. The first-order valence-corrected chi connectivity index (χ1v) is 4.81. The van der Waals surface area contributed by atoms with Crippen LogP contribution in [0.5, 0.6) is 0 Å². The number of primary amides is 1. The van der Waals surface area contributed by atoms with Gasteiger partial charge in [0, 0.05) is 10.8 Å². The number of carbonyl (C=O) groups is 1. The summed E-state index contributed by atoms with van der Waals surface area (Å²) in [6.45, 7) is 1.97. The fraction of sp³-hybridized carbons (Fsp3) is 0.400. The summed E-state index contributed by atoms with van der Waals surface area (Å²) < 4.78 is 0. The Morgan fingerprint density at radius 3 is 2.78 bits per heavy atom. The van der Waals surface area contributed by atoms with Crippen LogP contribution in [-0.4, -0.2) is 11.2 Å². The Morgan fingerprint density at radius 1 is 1.89 bits per heavy atom. The maximum Gasteiger partial charge on any atom is 0.246 e. The maximum absolute atomic E-state index is 10.5. The van der Waals surface area contributed by atoms with Crippen LogP contribution in [0.4, 0.5) is 0 Å². The fourth-order valence-corrected chi connectivity index (χ4v) is 2.88. The predicted molar refractivity (Wildman–Crippen MR) is 41.9 cm³/mol. The van der Waals surface area contributed by atoms with Gasteiger partial charge in [-0.2, -0.15) is 0 Å². The van der Waals surface area contributed by atoms with Gasteiger partial charge in [0.25, 0.3) is 0 Å². The van der Waals surface area contributed by atoms with Crippen LogP contribution in [0.25, 0.3) is 0 Å². The first-order valence-electron chi connectivity index (χ1n) is 2.54. The van der Waals surface area contributed by atoms with E-state index >= 15 is 0 Å². The molecule has 4 heteroatoms. The third-order valence-corrected chi connectivity index (χ3v) is 3.59. The Labute approximate surface area is 61.7 Å². The molecule has 1 aliphatic rings. The van der Waals surface area contributed by atoms with Gasteiger partial charge >= 0.3 is 0 Å². The second-order valence-electron chi connectivity index (χ2n) is 1.77. The highest BCUT2D eigenvalue weighted by atomic mass is 33.1. The van der Waals surface area contributed by atoms with Crippen molar-refractivity contribution in [2.45, 2.75) is 12.2 Å². The van der Waals surface area contributed by atoms with Crippen molar-refractivity contribution >= 4 is 27.5 Å². The first-order chi connectivity index (χ1) is 4.22. The molecule has 1 heterocycles. The molecular formula is C5H7NOS2. The van der Waals surface area contributed by atoms with Gasteiger partial charge in [0.15, 0.2) is 0 Å². The molecular weight excluding hydrogens is 154 g/mol. The summed E-state index contributed by atoms with van der Waals surface area (Å²) in [5.74, 6) is -0.292. The predicted octanol–water partition coefficient (Wildman–Crippen LogP) is 1.14. The van der Waals surface area contributed by atoms with E-state index < -0.39 is 0 Å². The molecule has 0 aliphatic carbocycles. The van der Waals surface area contributed by atoms with E-state index in [1.54, 1.807) is 21.6 Å². The summed E-state index contributed by atoms with van der Waals surface area (Å²) in [5.41, 5.74) is 5.80. The Hall–Kier alpha value is -0.0900. The van der Waals surface area contributed by atoms with Crippen molar-refractivity contribution in [1.29, 1.82) is 0 Å². The summed E-state index contributed by atoms with van der Waals surface area (Å²) >= 11 is 0. The second kappa shape index (κ2) is 2.66. The van der Waals surface area contributed by atoms with E-state index in [4.69, 9.17) is 5.73 Å². The van der Waals surface area contributed by atoms with Gasteiger partial charge in [-0.15, -0.1) is 0 Å². The van der Waals surface area contributed by atoms with Gasteiger partial charge in [0.1, 0.15) is 0 Å². The molecule has 1 rings (SSSR count). The van der Waals surface area contributed by atoms with Crippen LogP contribution in [0.2, 0.25) is 0 Å².